The molecule has 16 heavy (non-hydrogen) atoms. The van der Waals surface area contributed by atoms with E-state index in [0.717, 1.165) is 0 Å². The van der Waals surface area contributed by atoms with E-state index in [2.05, 4.69) is 15.0 Å². The second kappa shape index (κ2) is 5.86. The Morgan fingerprint density at radius 3 is 2.81 bits per heavy atom. The number of thioether (sulfide) groups is 1. The molecule has 0 bridgehead atoms. The minimum atomic E-state index is -0.861. The molecule has 0 aliphatic rings. The minimum Gasteiger partial charge on any atom is -0.481 e. The summed E-state index contributed by atoms with van der Waals surface area (Å²) in [5, 5.41) is 9.08. The molecule has 0 aromatic carbocycles. The third-order valence-electron chi connectivity index (χ3n) is 1.63. The van der Waals surface area contributed by atoms with Crippen molar-refractivity contribution < 1.29 is 14.6 Å². The molecule has 0 aliphatic carbocycles. The third-order valence-corrected chi connectivity index (χ3v) is 2.91. The summed E-state index contributed by atoms with van der Waals surface area (Å²) in [7, 11) is 1.42. The van der Waals surface area contributed by atoms with Crippen LogP contribution in [0.3, 0.4) is 0 Å². The molecule has 6 nitrogen and oxygen atoms in total. The van der Waals surface area contributed by atoms with Gasteiger partial charge < -0.3 is 9.84 Å². The molecule has 1 unspecified atom stereocenters. The normalized spacial score (nSPS) is 12.2. The van der Waals surface area contributed by atoms with Crippen LogP contribution < -0.4 is 4.74 Å². The zero-order valence-corrected chi connectivity index (χ0v) is 10.2. The van der Waals surface area contributed by atoms with Gasteiger partial charge in [-0.15, -0.1) is 0 Å². The monoisotopic (exact) mass is 263 g/mol. The lowest BCUT2D eigenvalue weighted by Gasteiger charge is -2.05. The average molecular weight is 264 g/mol. The highest BCUT2D eigenvalue weighted by atomic mass is 35.5. The highest BCUT2D eigenvalue weighted by Gasteiger charge is 2.13. The first-order chi connectivity index (χ1) is 7.52. The standard InChI is InChI=1S/C8H10ClN3O3S/c1-4(5(13)14)3-16-8-11-6(9)10-7(12-8)15-2/h4H,3H2,1-2H3,(H,13,14). The molecule has 0 aliphatic heterocycles. The van der Waals surface area contributed by atoms with E-state index >= 15 is 0 Å². The van der Waals surface area contributed by atoms with E-state index in [9.17, 15) is 4.79 Å². The van der Waals surface area contributed by atoms with Crippen LogP contribution in [0.4, 0.5) is 0 Å². The fraction of sp³-hybridized carbons (Fsp3) is 0.500. The molecule has 1 N–H and O–H groups in total. The zero-order chi connectivity index (χ0) is 12.1. The third kappa shape index (κ3) is 3.82. The Morgan fingerprint density at radius 1 is 1.56 bits per heavy atom. The average Bonchev–Trinajstić information content (AvgIpc) is 2.24. The number of carbonyl (C=O) groups is 1. The van der Waals surface area contributed by atoms with Gasteiger partial charge in [-0.1, -0.05) is 18.7 Å². The Bertz CT molecular complexity index is 391. The maximum absolute atomic E-state index is 10.6. The topological polar surface area (TPSA) is 85.2 Å². The van der Waals surface area contributed by atoms with Crippen LogP contribution in [0.15, 0.2) is 5.16 Å². The van der Waals surface area contributed by atoms with E-state index in [1.807, 2.05) is 0 Å². The number of rotatable bonds is 5. The maximum Gasteiger partial charge on any atom is 0.321 e. The predicted molar refractivity (Wildman–Crippen MR) is 58.9 cm³/mol. The number of aliphatic carboxylic acids is 1. The molecule has 1 heterocycles. The van der Waals surface area contributed by atoms with Crippen molar-refractivity contribution in [3.8, 4) is 6.01 Å². The molecule has 1 rings (SSSR count). The van der Waals surface area contributed by atoms with E-state index in [0.29, 0.717) is 10.9 Å². The van der Waals surface area contributed by atoms with Crippen molar-refractivity contribution in [3.63, 3.8) is 0 Å². The highest BCUT2D eigenvalue weighted by Crippen LogP contribution is 2.19. The van der Waals surface area contributed by atoms with Gasteiger partial charge in [0.2, 0.25) is 5.28 Å². The second-order valence-electron chi connectivity index (χ2n) is 2.92. The summed E-state index contributed by atoms with van der Waals surface area (Å²) in [6.45, 7) is 1.61. The summed E-state index contributed by atoms with van der Waals surface area (Å²) in [5.74, 6) is -0.982. The van der Waals surface area contributed by atoms with Crippen molar-refractivity contribution in [1.82, 2.24) is 15.0 Å². The van der Waals surface area contributed by atoms with Gasteiger partial charge in [-0.25, -0.2) is 0 Å². The SMILES string of the molecule is COc1nc(Cl)nc(SCC(C)C(=O)O)n1. The second-order valence-corrected chi connectivity index (χ2v) is 4.25. The summed E-state index contributed by atoms with van der Waals surface area (Å²) in [5.41, 5.74) is 0. The summed E-state index contributed by atoms with van der Waals surface area (Å²) < 4.78 is 4.81. The fourth-order valence-electron chi connectivity index (χ4n) is 0.741. The molecule has 0 fully saturated rings. The Balaban J connectivity index is 2.66. The van der Waals surface area contributed by atoms with Gasteiger partial charge in [-0.05, 0) is 11.6 Å². The number of ether oxygens (including phenoxy) is 1. The Labute approximate surface area is 101 Å². The van der Waals surface area contributed by atoms with E-state index in [-0.39, 0.29) is 11.3 Å². The first-order valence-corrected chi connectivity index (χ1v) is 5.70. The van der Waals surface area contributed by atoms with Gasteiger partial charge in [0.15, 0.2) is 5.16 Å². The van der Waals surface area contributed by atoms with Crippen molar-refractivity contribution in [2.75, 3.05) is 12.9 Å². The Morgan fingerprint density at radius 2 is 2.25 bits per heavy atom. The maximum atomic E-state index is 10.6. The molecule has 0 radical (unpaired) electrons. The van der Waals surface area contributed by atoms with Crippen LogP contribution in [0.2, 0.25) is 5.28 Å². The number of carboxylic acids is 1. The Kier molecular flexibility index (Phi) is 4.75. The van der Waals surface area contributed by atoms with Gasteiger partial charge in [0.05, 0.1) is 13.0 Å². The van der Waals surface area contributed by atoms with Crippen LogP contribution in [0, 0.1) is 5.92 Å². The van der Waals surface area contributed by atoms with Crippen molar-refractivity contribution in [3.05, 3.63) is 5.28 Å². The molecule has 0 saturated heterocycles. The Hall–Kier alpha value is -1.08. The van der Waals surface area contributed by atoms with Gasteiger partial charge in [0.1, 0.15) is 0 Å². The van der Waals surface area contributed by atoms with Gasteiger partial charge in [-0.2, -0.15) is 15.0 Å². The molecule has 1 atom stereocenters. The predicted octanol–water partition coefficient (Wildman–Crippen LogP) is 1.35. The molecular formula is C8H10ClN3O3S. The summed E-state index contributed by atoms with van der Waals surface area (Å²) in [6.07, 6.45) is 0. The number of aromatic nitrogens is 3. The van der Waals surface area contributed by atoms with Gasteiger partial charge >= 0.3 is 12.0 Å². The largest absolute Gasteiger partial charge is 0.481 e. The van der Waals surface area contributed by atoms with E-state index in [1.54, 1.807) is 6.92 Å². The quantitative estimate of drug-likeness (QED) is 0.803. The van der Waals surface area contributed by atoms with Crippen LogP contribution >= 0.6 is 23.4 Å². The first kappa shape index (κ1) is 13.0. The minimum absolute atomic E-state index is 0.0253. The van der Waals surface area contributed by atoms with Gasteiger partial charge in [0.25, 0.3) is 0 Å². The molecule has 0 spiro atoms. The van der Waals surface area contributed by atoms with Crippen molar-refractivity contribution in [1.29, 1.82) is 0 Å². The molecular weight excluding hydrogens is 254 g/mol. The molecule has 0 amide bonds. The number of hydrogen-bond acceptors (Lipinski definition) is 6. The van der Waals surface area contributed by atoms with E-state index < -0.39 is 11.9 Å². The lowest BCUT2D eigenvalue weighted by Crippen LogP contribution is -2.12. The number of methoxy groups -OCH3 is 1. The van der Waals surface area contributed by atoms with Crippen LogP contribution in [-0.2, 0) is 4.79 Å². The molecule has 0 saturated carbocycles. The number of carboxylic acid groups (broad SMARTS) is 1. The number of hydrogen-bond donors (Lipinski definition) is 1. The zero-order valence-electron chi connectivity index (χ0n) is 8.68. The number of halogens is 1. The van der Waals surface area contributed by atoms with Crippen LogP contribution in [0.1, 0.15) is 6.92 Å². The first-order valence-electron chi connectivity index (χ1n) is 4.34. The summed E-state index contributed by atoms with van der Waals surface area (Å²) in [6, 6.07) is 0.116. The molecule has 8 heteroatoms. The highest BCUT2D eigenvalue weighted by molar-refractivity contribution is 7.99. The van der Waals surface area contributed by atoms with Crippen LogP contribution in [-0.4, -0.2) is 38.9 Å². The molecule has 1 aromatic heterocycles. The van der Waals surface area contributed by atoms with Crippen molar-refractivity contribution >= 4 is 29.3 Å². The molecule has 1 aromatic rings. The smallest absolute Gasteiger partial charge is 0.321 e. The lowest BCUT2D eigenvalue weighted by atomic mass is 10.2. The van der Waals surface area contributed by atoms with Crippen molar-refractivity contribution in [2.45, 2.75) is 12.1 Å². The number of nitrogens with zero attached hydrogens (tertiary/aromatic N) is 3. The summed E-state index contributed by atoms with van der Waals surface area (Å²) >= 11 is 6.83. The van der Waals surface area contributed by atoms with Crippen molar-refractivity contribution in [2.24, 2.45) is 5.92 Å². The van der Waals surface area contributed by atoms with Gasteiger partial charge in [0, 0.05) is 5.75 Å². The van der Waals surface area contributed by atoms with E-state index in [4.69, 9.17) is 21.4 Å². The summed E-state index contributed by atoms with van der Waals surface area (Å²) in [4.78, 5) is 22.1. The van der Waals surface area contributed by atoms with E-state index in [1.165, 1.54) is 18.9 Å². The molecule has 88 valence electrons. The lowest BCUT2D eigenvalue weighted by molar-refractivity contribution is -0.140. The van der Waals surface area contributed by atoms with Crippen LogP contribution in [0.25, 0.3) is 0 Å². The van der Waals surface area contributed by atoms with Crippen LogP contribution in [0.5, 0.6) is 6.01 Å². The fourth-order valence-corrected chi connectivity index (χ4v) is 1.78. The van der Waals surface area contributed by atoms with Gasteiger partial charge in [-0.3, -0.25) is 4.79 Å².